The summed E-state index contributed by atoms with van der Waals surface area (Å²) in [6, 6.07) is 6.89. The zero-order chi connectivity index (χ0) is 15.6. The molecule has 0 spiro atoms. The Morgan fingerprint density at radius 1 is 1.14 bits per heavy atom. The number of nitrogens with zero attached hydrogens (tertiary/aromatic N) is 2. The van der Waals surface area contributed by atoms with Gasteiger partial charge in [0.2, 0.25) is 5.91 Å². The van der Waals surface area contributed by atoms with Crippen molar-refractivity contribution in [3.63, 3.8) is 0 Å². The molecule has 1 aliphatic heterocycles. The van der Waals surface area contributed by atoms with Crippen molar-refractivity contribution in [3.05, 3.63) is 34.9 Å². The van der Waals surface area contributed by atoms with Crippen LogP contribution in [-0.2, 0) is 4.79 Å². The molecule has 0 aromatic heterocycles. The number of carbonyl (C=O) groups is 2. The molecule has 1 aliphatic rings. The summed E-state index contributed by atoms with van der Waals surface area (Å²) in [5.74, 6) is -0.144. The van der Waals surface area contributed by atoms with Crippen molar-refractivity contribution in [2.45, 2.75) is 19.4 Å². The number of piperazine rings is 1. The van der Waals surface area contributed by atoms with E-state index in [1.807, 2.05) is 0 Å². The van der Waals surface area contributed by atoms with Crippen LogP contribution in [0.1, 0.15) is 24.2 Å². The van der Waals surface area contributed by atoms with E-state index in [1.54, 1.807) is 47.9 Å². The molecule has 0 bridgehead atoms. The maximum atomic E-state index is 12.4. The van der Waals surface area contributed by atoms with E-state index < -0.39 is 5.54 Å². The van der Waals surface area contributed by atoms with E-state index in [0.29, 0.717) is 36.8 Å². The van der Waals surface area contributed by atoms with Crippen LogP contribution in [-0.4, -0.2) is 53.3 Å². The molecule has 1 saturated heterocycles. The highest BCUT2D eigenvalue weighted by Crippen LogP contribution is 2.15. The van der Waals surface area contributed by atoms with Gasteiger partial charge < -0.3 is 15.5 Å². The third-order valence-electron chi connectivity index (χ3n) is 3.48. The Bertz CT molecular complexity index is 546. The molecule has 0 saturated carbocycles. The standard InChI is InChI=1S/C15H20ClN3O2/c1-15(2,17)14(21)19-8-6-18(7-9-19)13(20)11-4-3-5-12(16)10-11/h3-5,10H,6-9,17H2,1-2H3. The van der Waals surface area contributed by atoms with Gasteiger partial charge in [0.1, 0.15) is 0 Å². The van der Waals surface area contributed by atoms with Crippen LogP contribution in [0.2, 0.25) is 5.02 Å². The van der Waals surface area contributed by atoms with Gasteiger partial charge in [0.15, 0.2) is 0 Å². The predicted molar refractivity (Wildman–Crippen MR) is 82.2 cm³/mol. The Morgan fingerprint density at radius 2 is 1.71 bits per heavy atom. The number of amides is 2. The van der Waals surface area contributed by atoms with Crippen molar-refractivity contribution in [2.24, 2.45) is 5.73 Å². The van der Waals surface area contributed by atoms with Gasteiger partial charge in [-0.3, -0.25) is 9.59 Å². The van der Waals surface area contributed by atoms with E-state index in [1.165, 1.54) is 0 Å². The van der Waals surface area contributed by atoms with Crippen LogP contribution in [0.5, 0.6) is 0 Å². The largest absolute Gasteiger partial charge is 0.338 e. The Labute approximate surface area is 129 Å². The molecule has 0 aliphatic carbocycles. The lowest BCUT2D eigenvalue weighted by atomic mass is 10.0. The molecular formula is C15H20ClN3O2. The lowest BCUT2D eigenvalue weighted by Gasteiger charge is -2.37. The van der Waals surface area contributed by atoms with Gasteiger partial charge in [0, 0.05) is 36.8 Å². The van der Waals surface area contributed by atoms with Gasteiger partial charge in [-0.15, -0.1) is 0 Å². The first-order chi connectivity index (χ1) is 9.79. The number of benzene rings is 1. The Morgan fingerprint density at radius 3 is 2.24 bits per heavy atom. The van der Waals surface area contributed by atoms with Crippen LogP contribution >= 0.6 is 11.6 Å². The zero-order valence-electron chi connectivity index (χ0n) is 12.3. The van der Waals surface area contributed by atoms with Gasteiger partial charge in [-0.05, 0) is 32.0 Å². The van der Waals surface area contributed by atoms with Gasteiger partial charge in [0.05, 0.1) is 5.54 Å². The second kappa shape index (κ2) is 6.03. The summed E-state index contributed by atoms with van der Waals surface area (Å²) in [6.45, 7) is 5.41. The van der Waals surface area contributed by atoms with Crippen molar-refractivity contribution in [2.75, 3.05) is 26.2 Å². The summed E-state index contributed by atoms with van der Waals surface area (Å²) in [4.78, 5) is 27.9. The minimum absolute atomic E-state index is 0.0587. The fourth-order valence-electron chi connectivity index (χ4n) is 2.32. The summed E-state index contributed by atoms with van der Waals surface area (Å²) in [5.41, 5.74) is 5.52. The van der Waals surface area contributed by atoms with E-state index in [0.717, 1.165) is 0 Å². The highest BCUT2D eigenvalue weighted by molar-refractivity contribution is 6.30. The van der Waals surface area contributed by atoms with Gasteiger partial charge >= 0.3 is 0 Å². The van der Waals surface area contributed by atoms with Crippen molar-refractivity contribution in [3.8, 4) is 0 Å². The molecule has 6 heteroatoms. The zero-order valence-corrected chi connectivity index (χ0v) is 13.1. The summed E-state index contributed by atoms with van der Waals surface area (Å²) in [6.07, 6.45) is 0. The predicted octanol–water partition coefficient (Wildman–Crippen LogP) is 1.36. The van der Waals surface area contributed by atoms with E-state index in [9.17, 15) is 9.59 Å². The molecule has 0 radical (unpaired) electrons. The highest BCUT2D eigenvalue weighted by Gasteiger charge is 2.31. The average Bonchev–Trinajstić information content (AvgIpc) is 2.45. The van der Waals surface area contributed by atoms with Gasteiger partial charge in [-0.2, -0.15) is 0 Å². The maximum Gasteiger partial charge on any atom is 0.254 e. The second-order valence-electron chi connectivity index (χ2n) is 5.82. The number of halogens is 1. The number of hydrogen-bond acceptors (Lipinski definition) is 3. The molecular weight excluding hydrogens is 290 g/mol. The number of nitrogens with two attached hydrogens (primary N) is 1. The van der Waals surface area contributed by atoms with E-state index in [2.05, 4.69) is 0 Å². The Balaban J connectivity index is 1.98. The van der Waals surface area contributed by atoms with Crippen molar-refractivity contribution in [1.82, 2.24) is 9.80 Å². The fraction of sp³-hybridized carbons (Fsp3) is 0.467. The first-order valence-electron chi connectivity index (χ1n) is 6.92. The molecule has 1 aromatic carbocycles. The minimum Gasteiger partial charge on any atom is -0.338 e. The quantitative estimate of drug-likeness (QED) is 0.897. The molecule has 2 N–H and O–H groups in total. The fourth-order valence-corrected chi connectivity index (χ4v) is 2.51. The first-order valence-corrected chi connectivity index (χ1v) is 7.30. The lowest BCUT2D eigenvalue weighted by Crippen LogP contribution is -2.57. The molecule has 1 fully saturated rings. The third kappa shape index (κ3) is 3.74. The number of rotatable bonds is 2. The lowest BCUT2D eigenvalue weighted by molar-refractivity contribution is -0.137. The van der Waals surface area contributed by atoms with Gasteiger partial charge in [0.25, 0.3) is 5.91 Å². The summed E-state index contributed by atoms with van der Waals surface area (Å²) in [7, 11) is 0. The number of carbonyl (C=O) groups excluding carboxylic acids is 2. The molecule has 0 unspecified atom stereocenters. The van der Waals surface area contributed by atoms with Crippen molar-refractivity contribution >= 4 is 23.4 Å². The molecule has 2 rings (SSSR count). The van der Waals surface area contributed by atoms with Crippen LogP contribution in [0.3, 0.4) is 0 Å². The van der Waals surface area contributed by atoms with E-state index >= 15 is 0 Å². The van der Waals surface area contributed by atoms with Crippen LogP contribution < -0.4 is 5.73 Å². The summed E-state index contributed by atoms with van der Waals surface area (Å²) < 4.78 is 0. The van der Waals surface area contributed by atoms with Gasteiger partial charge in [-0.25, -0.2) is 0 Å². The van der Waals surface area contributed by atoms with Crippen LogP contribution in [0.15, 0.2) is 24.3 Å². The second-order valence-corrected chi connectivity index (χ2v) is 6.25. The maximum absolute atomic E-state index is 12.4. The molecule has 0 atom stereocenters. The normalized spacial score (nSPS) is 16.0. The van der Waals surface area contributed by atoms with Crippen LogP contribution in [0.4, 0.5) is 0 Å². The Hall–Kier alpha value is -1.59. The van der Waals surface area contributed by atoms with E-state index in [4.69, 9.17) is 17.3 Å². The Kier molecular flexibility index (Phi) is 4.54. The SMILES string of the molecule is CC(C)(N)C(=O)N1CCN(C(=O)c2cccc(Cl)c2)CC1. The molecule has 5 nitrogen and oxygen atoms in total. The summed E-state index contributed by atoms with van der Waals surface area (Å²) >= 11 is 5.91. The number of hydrogen-bond donors (Lipinski definition) is 1. The molecule has 1 aromatic rings. The molecule has 114 valence electrons. The smallest absolute Gasteiger partial charge is 0.254 e. The third-order valence-corrected chi connectivity index (χ3v) is 3.71. The molecule has 21 heavy (non-hydrogen) atoms. The van der Waals surface area contributed by atoms with Gasteiger partial charge in [-0.1, -0.05) is 17.7 Å². The van der Waals surface area contributed by atoms with Crippen molar-refractivity contribution in [1.29, 1.82) is 0 Å². The first kappa shape index (κ1) is 15.8. The van der Waals surface area contributed by atoms with Crippen LogP contribution in [0, 0.1) is 0 Å². The van der Waals surface area contributed by atoms with Crippen molar-refractivity contribution < 1.29 is 9.59 Å². The summed E-state index contributed by atoms with van der Waals surface area (Å²) in [5, 5.41) is 0.541. The average molecular weight is 310 g/mol. The van der Waals surface area contributed by atoms with Crippen LogP contribution in [0.25, 0.3) is 0 Å². The highest BCUT2D eigenvalue weighted by atomic mass is 35.5. The van der Waals surface area contributed by atoms with E-state index in [-0.39, 0.29) is 11.8 Å². The molecule has 1 heterocycles. The monoisotopic (exact) mass is 309 g/mol. The minimum atomic E-state index is -0.876. The topological polar surface area (TPSA) is 66.6 Å². The molecule has 2 amide bonds.